The Morgan fingerprint density at radius 3 is 2.78 bits per heavy atom. The molecule has 0 spiro atoms. The number of hydrogen-bond donors (Lipinski definition) is 2. The highest BCUT2D eigenvalue weighted by molar-refractivity contribution is 5.81. The number of amides is 1. The maximum Gasteiger partial charge on any atom is 0.236 e. The first-order valence-electron chi connectivity index (χ1n) is 7.16. The van der Waals surface area contributed by atoms with Gasteiger partial charge in [-0.2, -0.15) is 0 Å². The third-order valence-corrected chi connectivity index (χ3v) is 3.91. The highest BCUT2D eigenvalue weighted by Gasteiger charge is 2.38. The predicted molar refractivity (Wildman–Crippen MR) is 73.6 cm³/mol. The summed E-state index contributed by atoms with van der Waals surface area (Å²) < 4.78 is 5.57. The molecule has 2 N–H and O–H groups in total. The summed E-state index contributed by atoms with van der Waals surface area (Å²) in [7, 11) is 0. The van der Waals surface area contributed by atoms with Crippen LogP contribution in [0.3, 0.4) is 0 Å². The van der Waals surface area contributed by atoms with Gasteiger partial charge in [0.2, 0.25) is 5.91 Å². The van der Waals surface area contributed by atoms with Crippen LogP contribution < -0.4 is 10.6 Å². The second-order valence-corrected chi connectivity index (χ2v) is 5.54. The summed E-state index contributed by atoms with van der Waals surface area (Å²) in [5.74, 6) is 0.0893. The minimum Gasteiger partial charge on any atom is -0.377 e. The van der Waals surface area contributed by atoms with Crippen molar-refractivity contribution in [3.63, 3.8) is 0 Å². The van der Waals surface area contributed by atoms with Crippen LogP contribution in [0.25, 0.3) is 0 Å². The number of ether oxygens (including phenoxy) is 1. The first-order valence-corrected chi connectivity index (χ1v) is 7.16. The van der Waals surface area contributed by atoms with Crippen molar-refractivity contribution in [3.05, 3.63) is 0 Å². The lowest BCUT2D eigenvalue weighted by atomic mass is 9.93. The Balaban J connectivity index is 2.31. The van der Waals surface area contributed by atoms with Crippen LogP contribution in [-0.2, 0) is 9.53 Å². The Morgan fingerprint density at radius 2 is 2.22 bits per heavy atom. The molecule has 1 aliphatic rings. The molecule has 0 radical (unpaired) electrons. The average molecular weight is 256 g/mol. The van der Waals surface area contributed by atoms with Gasteiger partial charge in [-0.1, -0.05) is 19.8 Å². The summed E-state index contributed by atoms with van der Waals surface area (Å²) in [6.07, 6.45) is 4.53. The molecule has 1 saturated heterocycles. The van der Waals surface area contributed by atoms with E-state index < -0.39 is 0 Å². The molecule has 1 amide bonds. The molecule has 0 saturated carbocycles. The predicted octanol–water partition coefficient (Wildman–Crippen LogP) is 1.84. The van der Waals surface area contributed by atoms with Crippen LogP contribution in [0.1, 0.15) is 53.4 Å². The highest BCUT2D eigenvalue weighted by atomic mass is 16.5. The minimum atomic E-state index is -0.166. The third-order valence-electron chi connectivity index (χ3n) is 3.91. The maximum atomic E-state index is 11.9. The van der Waals surface area contributed by atoms with Crippen LogP contribution in [0.5, 0.6) is 0 Å². The molecule has 0 aliphatic carbocycles. The molecule has 1 heterocycles. The Kier molecular flexibility index (Phi) is 6.09. The molecule has 1 aliphatic heterocycles. The van der Waals surface area contributed by atoms with Crippen LogP contribution in [0.15, 0.2) is 0 Å². The molecule has 0 aromatic carbocycles. The third kappa shape index (κ3) is 4.25. The molecule has 0 aromatic heterocycles. The van der Waals surface area contributed by atoms with E-state index in [1.54, 1.807) is 0 Å². The molecule has 4 nitrogen and oxygen atoms in total. The van der Waals surface area contributed by atoms with Crippen molar-refractivity contribution in [2.45, 2.75) is 71.1 Å². The molecular formula is C14H28N2O2. The Morgan fingerprint density at radius 1 is 1.50 bits per heavy atom. The number of unbranched alkanes of at least 4 members (excludes halogenated alkanes) is 2. The number of carbonyl (C=O) groups is 1. The van der Waals surface area contributed by atoms with Crippen LogP contribution in [0.2, 0.25) is 0 Å². The van der Waals surface area contributed by atoms with E-state index in [-0.39, 0.29) is 23.6 Å². The molecule has 1 fully saturated rings. The number of rotatable bonds is 7. The second-order valence-electron chi connectivity index (χ2n) is 5.54. The Bertz CT molecular complexity index is 271. The smallest absolute Gasteiger partial charge is 0.236 e. The van der Waals surface area contributed by atoms with E-state index in [0.717, 1.165) is 26.0 Å². The van der Waals surface area contributed by atoms with Crippen molar-refractivity contribution in [2.24, 2.45) is 0 Å². The normalized spacial score (nSPS) is 29.2. The topological polar surface area (TPSA) is 50.4 Å². The number of nitrogens with one attached hydrogen (secondary N) is 2. The summed E-state index contributed by atoms with van der Waals surface area (Å²) in [5.41, 5.74) is -0.0832. The first kappa shape index (κ1) is 15.4. The summed E-state index contributed by atoms with van der Waals surface area (Å²) in [5, 5.41) is 6.39. The van der Waals surface area contributed by atoms with E-state index in [2.05, 4.69) is 31.4 Å². The molecule has 0 bridgehead atoms. The van der Waals surface area contributed by atoms with Crippen LogP contribution in [0.4, 0.5) is 0 Å². The largest absolute Gasteiger partial charge is 0.377 e. The lowest BCUT2D eigenvalue weighted by molar-refractivity contribution is -0.123. The van der Waals surface area contributed by atoms with Crippen molar-refractivity contribution in [3.8, 4) is 0 Å². The van der Waals surface area contributed by atoms with Crippen LogP contribution in [0, 0.1) is 0 Å². The van der Waals surface area contributed by atoms with E-state index in [1.165, 1.54) is 12.8 Å². The lowest BCUT2D eigenvalue weighted by Gasteiger charge is -2.32. The first-order chi connectivity index (χ1) is 8.49. The molecule has 106 valence electrons. The van der Waals surface area contributed by atoms with Gasteiger partial charge in [-0.15, -0.1) is 0 Å². The zero-order valence-electron chi connectivity index (χ0n) is 12.2. The van der Waals surface area contributed by atoms with Gasteiger partial charge in [0.05, 0.1) is 12.1 Å². The van der Waals surface area contributed by atoms with E-state index in [9.17, 15) is 4.79 Å². The SMILES string of the molecule is CCCCCNC(=O)C(C)NC1(C)CCOC1C. The molecule has 3 atom stereocenters. The monoisotopic (exact) mass is 256 g/mol. The van der Waals surface area contributed by atoms with Gasteiger partial charge in [-0.3, -0.25) is 10.1 Å². The van der Waals surface area contributed by atoms with Gasteiger partial charge in [0.25, 0.3) is 0 Å². The summed E-state index contributed by atoms with van der Waals surface area (Å²) >= 11 is 0. The van der Waals surface area contributed by atoms with Gasteiger partial charge in [-0.05, 0) is 33.6 Å². The van der Waals surface area contributed by atoms with E-state index in [4.69, 9.17) is 4.74 Å². The van der Waals surface area contributed by atoms with Crippen molar-refractivity contribution < 1.29 is 9.53 Å². The Labute approximate surface area is 111 Å². The summed E-state index contributed by atoms with van der Waals surface area (Å²) in [4.78, 5) is 11.9. The van der Waals surface area contributed by atoms with Crippen molar-refractivity contribution >= 4 is 5.91 Å². The molecular weight excluding hydrogens is 228 g/mol. The molecule has 0 aromatic rings. The fourth-order valence-corrected chi connectivity index (χ4v) is 2.32. The van der Waals surface area contributed by atoms with Gasteiger partial charge in [-0.25, -0.2) is 0 Å². The lowest BCUT2D eigenvalue weighted by Crippen LogP contribution is -2.56. The zero-order chi connectivity index (χ0) is 13.6. The Hall–Kier alpha value is -0.610. The van der Waals surface area contributed by atoms with Crippen LogP contribution in [-0.4, -0.2) is 36.7 Å². The van der Waals surface area contributed by atoms with Crippen molar-refractivity contribution in [1.29, 1.82) is 0 Å². The van der Waals surface area contributed by atoms with Gasteiger partial charge in [0.1, 0.15) is 0 Å². The average Bonchev–Trinajstić information content (AvgIpc) is 2.64. The quantitative estimate of drug-likeness (QED) is 0.683. The minimum absolute atomic E-state index is 0.0832. The van der Waals surface area contributed by atoms with Gasteiger partial charge in [0.15, 0.2) is 0 Å². The summed E-state index contributed by atoms with van der Waals surface area (Å²) in [6, 6.07) is -0.166. The fourth-order valence-electron chi connectivity index (χ4n) is 2.32. The van der Waals surface area contributed by atoms with Gasteiger partial charge in [0, 0.05) is 18.7 Å². The number of carbonyl (C=O) groups excluding carboxylic acids is 1. The van der Waals surface area contributed by atoms with E-state index in [0.29, 0.717) is 0 Å². The molecule has 1 rings (SSSR count). The second kappa shape index (κ2) is 7.10. The summed E-state index contributed by atoms with van der Waals surface area (Å²) in [6.45, 7) is 9.83. The highest BCUT2D eigenvalue weighted by Crippen LogP contribution is 2.25. The van der Waals surface area contributed by atoms with Gasteiger partial charge >= 0.3 is 0 Å². The standard InChI is InChI=1S/C14H28N2O2/c1-5-6-7-9-15-13(17)11(2)16-14(4)8-10-18-12(14)3/h11-12,16H,5-10H2,1-4H3,(H,15,17). The van der Waals surface area contributed by atoms with E-state index >= 15 is 0 Å². The fraction of sp³-hybridized carbons (Fsp3) is 0.929. The van der Waals surface area contributed by atoms with E-state index in [1.807, 2.05) is 6.92 Å². The maximum absolute atomic E-state index is 11.9. The van der Waals surface area contributed by atoms with Crippen molar-refractivity contribution in [1.82, 2.24) is 10.6 Å². The molecule has 3 unspecified atom stereocenters. The molecule has 4 heteroatoms. The van der Waals surface area contributed by atoms with Crippen LogP contribution >= 0.6 is 0 Å². The zero-order valence-corrected chi connectivity index (χ0v) is 12.2. The van der Waals surface area contributed by atoms with Crippen molar-refractivity contribution in [2.75, 3.05) is 13.2 Å². The number of hydrogen-bond acceptors (Lipinski definition) is 3. The molecule has 18 heavy (non-hydrogen) atoms. The van der Waals surface area contributed by atoms with Gasteiger partial charge < -0.3 is 10.1 Å².